The number of pyridine rings is 1. The third-order valence-corrected chi connectivity index (χ3v) is 6.74. The number of fused-ring (bicyclic) bond motifs is 1. The van der Waals surface area contributed by atoms with Crippen LogP contribution in [0.2, 0.25) is 0 Å². The van der Waals surface area contributed by atoms with Gasteiger partial charge in [0, 0.05) is 11.7 Å². The highest BCUT2D eigenvalue weighted by Gasteiger charge is 2.32. The van der Waals surface area contributed by atoms with Crippen molar-refractivity contribution in [1.29, 1.82) is 5.26 Å². The Morgan fingerprint density at radius 2 is 2.06 bits per heavy atom. The van der Waals surface area contributed by atoms with Crippen LogP contribution in [0, 0.1) is 11.3 Å². The van der Waals surface area contributed by atoms with Gasteiger partial charge in [0.25, 0.3) is 5.91 Å². The highest BCUT2D eigenvalue weighted by molar-refractivity contribution is 6.00. The van der Waals surface area contributed by atoms with Gasteiger partial charge < -0.3 is 20.8 Å². The molecule has 1 aliphatic carbocycles. The Hall–Kier alpha value is -3.55. The van der Waals surface area contributed by atoms with Gasteiger partial charge in [0.15, 0.2) is 0 Å². The number of hydrogen-bond donors (Lipinski definition) is 4. The lowest BCUT2D eigenvalue weighted by Crippen LogP contribution is -2.43. The zero-order valence-corrected chi connectivity index (χ0v) is 20.6. The molecule has 1 fully saturated rings. The predicted octanol–water partition coefficient (Wildman–Crippen LogP) is 3.21. The minimum atomic E-state index is -1.64. The number of rotatable bonds is 7. The molecule has 0 bridgehead atoms. The SMILES string of the molecule is CC1(Nc2cc(-c3ccc4cc(C#N)cnn34)ncc2C(=O)NC[C@@H](F)C(C)(C)O)CCC(O)CC1. The van der Waals surface area contributed by atoms with Crippen molar-refractivity contribution in [3.8, 4) is 17.5 Å². The molecule has 3 aromatic rings. The van der Waals surface area contributed by atoms with Crippen LogP contribution in [0.25, 0.3) is 16.9 Å². The Labute approximate surface area is 209 Å². The first-order valence-electron chi connectivity index (χ1n) is 12.0. The molecule has 1 aliphatic rings. The van der Waals surface area contributed by atoms with Crippen LogP contribution in [-0.4, -0.2) is 60.7 Å². The lowest BCUT2D eigenvalue weighted by atomic mass is 9.81. The van der Waals surface area contributed by atoms with Crippen LogP contribution in [-0.2, 0) is 0 Å². The number of carbonyl (C=O) groups is 1. The predicted molar refractivity (Wildman–Crippen MR) is 133 cm³/mol. The van der Waals surface area contributed by atoms with Gasteiger partial charge in [0.2, 0.25) is 0 Å². The summed E-state index contributed by atoms with van der Waals surface area (Å²) in [6.07, 6.45) is 3.65. The molecule has 4 N–H and O–H groups in total. The van der Waals surface area contributed by atoms with Gasteiger partial charge >= 0.3 is 0 Å². The lowest BCUT2D eigenvalue weighted by molar-refractivity contribution is -0.00177. The van der Waals surface area contributed by atoms with Crippen LogP contribution in [0.3, 0.4) is 0 Å². The van der Waals surface area contributed by atoms with Crippen LogP contribution in [0.4, 0.5) is 10.1 Å². The molecule has 10 heteroatoms. The second kappa shape index (κ2) is 9.84. The number of hydrogen-bond acceptors (Lipinski definition) is 7. The molecule has 3 aromatic heterocycles. The summed E-state index contributed by atoms with van der Waals surface area (Å²) in [6, 6.07) is 9.23. The molecule has 0 unspecified atom stereocenters. The average molecular weight is 495 g/mol. The molecule has 1 saturated carbocycles. The molecule has 0 aliphatic heterocycles. The number of aliphatic hydroxyl groups is 2. The monoisotopic (exact) mass is 494 g/mol. The van der Waals surface area contributed by atoms with Crippen LogP contribution < -0.4 is 10.6 Å². The van der Waals surface area contributed by atoms with Crippen molar-refractivity contribution in [2.45, 2.75) is 69.9 Å². The van der Waals surface area contributed by atoms with E-state index in [2.05, 4.69) is 26.8 Å². The molecule has 9 nitrogen and oxygen atoms in total. The fraction of sp³-hybridized carbons (Fsp3) is 0.462. The van der Waals surface area contributed by atoms with Crippen molar-refractivity contribution in [2.75, 3.05) is 11.9 Å². The van der Waals surface area contributed by atoms with E-state index in [4.69, 9.17) is 5.26 Å². The summed E-state index contributed by atoms with van der Waals surface area (Å²) in [5, 5.41) is 39.4. The highest BCUT2D eigenvalue weighted by atomic mass is 19.1. The number of nitrogens with one attached hydrogen (secondary N) is 2. The number of alkyl halides is 1. The summed E-state index contributed by atoms with van der Waals surface area (Å²) in [4.78, 5) is 17.5. The molecule has 1 amide bonds. The van der Waals surface area contributed by atoms with E-state index in [0.29, 0.717) is 48.3 Å². The molecule has 0 saturated heterocycles. The number of amides is 1. The van der Waals surface area contributed by atoms with Crippen LogP contribution in [0.5, 0.6) is 0 Å². The maximum absolute atomic E-state index is 14.3. The zero-order valence-electron chi connectivity index (χ0n) is 20.6. The topological polar surface area (TPSA) is 136 Å². The Morgan fingerprint density at radius 1 is 1.33 bits per heavy atom. The van der Waals surface area contributed by atoms with Gasteiger partial charge in [0.05, 0.1) is 58.2 Å². The summed E-state index contributed by atoms with van der Waals surface area (Å²) in [5.74, 6) is -0.514. The van der Waals surface area contributed by atoms with Crippen molar-refractivity contribution >= 4 is 17.1 Å². The Morgan fingerprint density at radius 3 is 2.72 bits per heavy atom. The minimum absolute atomic E-state index is 0.245. The summed E-state index contributed by atoms with van der Waals surface area (Å²) >= 11 is 0. The third-order valence-electron chi connectivity index (χ3n) is 6.74. The van der Waals surface area contributed by atoms with Crippen LogP contribution in [0.1, 0.15) is 62.4 Å². The number of aliphatic hydroxyl groups excluding tert-OH is 1. The van der Waals surface area contributed by atoms with Gasteiger partial charge in [-0.25, -0.2) is 8.91 Å². The number of anilines is 1. The summed E-state index contributed by atoms with van der Waals surface area (Å²) in [5.41, 5.74) is 1.25. The third kappa shape index (κ3) is 5.48. The average Bonchev–Trinajstić information content (AvgIpc) is 3.27. The number of carbonyl (C=O) groups excluding carboxylic acids is 1. The van der Waals surface area contributed by atoms with E-state index >= 15 is 0 Å². The molecule has 1 atom stereocenters. The van der Waals surface area contributed by atoms with E-state index in [-0.39, 0.29) is 23.8 Å². The van der Waals surface area contributed by atoms with Gasteiger partial charge in [0.1, 0.15) is 12.2 Å². The van der Waals surface area contributed by atoms with Crippen molar-refractivity contribution in [3.63, 3.8) is 0 Å². The van der Waals surface area contributed by atoms with Crippen molar-refractivity contribution < 1.29 is 19.4 Å². The summed E-state index contributed by atoms with van der Waals surface area (Å²) < 4.78 is 15.9. The molecular weight excluding hydrogens is 463 g/mol. The zero-order chi connectivity index (χ0) is 26.1. The second-order valence-electron chi connectivity index (χ2n) is 10.3. The van der Waals surface area contributed by atoms with E-state index in [0.717, 1.165) is 5.52 Å². The lowest BCUT2D eigenvalue weighted by Gasteiger charge is -2.38. The first-order valence-corrected chi connectivity index (χ1v) is 12.0. The van der Waals surface area contributed by atoms with Crippen molar-refractivity contribution in [2.24, 2.45) is 0 Å². The number of halogens is 1. The quantitative estimate of drug-likeness (QED) is 0.396. The fourth-order valence-corrected chi connectivity index (χ4v) is 4.35. The van der Waals surface area contributed by atoms with E-state index in [1.807, 2.05) is 19.1 Å². The Balaban J connectivity index is 1.69. The first kappa shape index (κ1) is 25.5. The van der Waals surface area contributed by atoms with E-state index < -0.39 is 17.7 Å². The normalized spacial score (nSPS) is 21.1. The molecule has 0 radical (unpaired) electrons. The molecule has 0 aromatic carbocycles. The van der Waals surface area contributed by atoms with Gasteiger partial charge in [-0.3, -0.25) is 9.78 Å². The van der Waals surface area contributed by atoms with Crippen molar-refractivity contribution in [3.05, 3.63) is 47.8 Å². The van der Waals surface area contributed by atoms with E-state index in [1.165, 1.54) is 26.2 Å². The van der Waals surface area contributed by atoms with Gasteiger partial charge in [-0.05, 0) is 70.7 Å². The highest BCUT2D eigenvalue weighted by Crippen LogP contribution is 2.34. The largest absolute Gasteiger partial charge is 0.393 e. The molecule has 190 valence electrons. The Bertz CT molecular complexity index is 1300. The number of aromatic nitrogens is 3. The minimum Gasteiger partial charge on any atom is -0.393 e. The molecule has 3 heterocycles. The van der Waals surface area contributed by atoms with E-state index in [9.17, 15) is 19.4 Å². The number of nitriles is 1. The van der Waals surface area contributed by atoms with Gasteiger partial charge in [-0.15, -0.1) is 0 Å². The molecule has 4 rings (SSSR count). The standard InChI is InChI=1S/C26H31FN6O3/c1-25(2,36)23(27)15-30-24(35)19-14-29-21(11-20(19)32-26(3)8-6-18(34)7-9-26)22-5-4-17-10-16(12-28)13-31-33(17)22/h4-5,10-11,13-14,18,23,34,36H,6-9,15H2,1-3H3,(H,29,32)(H,30,35)/t18?,23-,26?/m1/s1. The fourth-order valence-electron chi connectivity index (χ4n) is 4.35. The second-order valence-corrected chi connectivity index (χ2v) is 10.3. The van der Waals surface area contributed by atoms with Crippen LogP contribution >= 0.6 is 0 Å². The first-order chi connectivity index (χ1) is 17.0. The molecule has 0 spiro atoms. The Kier molecular flexibility index (Phi) is 6.98. The van der Waals surface area contributed by atoms with Gasteiger partial charge in [-0.1, -0.05) is 0 Å². The maximum atomic E-state index is 14.3. The van der Waals surface area contributed by atoms with Crippen molar-refractivity contribution in [1.82, 2.24) is 19.9 Å². The summed E-state index contributed by atoms with van der Waals surface area (Å²) in [7, 11) is 0. The molecule has 36 heavy (non-hydrogen) atoms. The number of nitrogens with zero attached hydrogens (tertiary/aromatic N) is 4. The smallest absolute Gasteiger partial charge is 0.255 e. The summed E-state index contributed by atoms with van der Waals surface area (Å²) in [6.45, 7) is 4.40. The maximum Gasteiger partial charge on any atom is 0.255 e. The van der Waals surface area contributed by atoms with Gasteiger partial charge in [-0.2, -0.15) is 10.4 Å². The molecular formula is C26H31FN6O3. The van der Waals surface area contributed by atoms with Crippen LogP contribution in [0.15, 0.2) is 36.7 Å². The van der Waals surface area contributed by atoms with E-state index in [1.54, 1.807) is 16.6 Å².